The van der Waals surface area contributed by atoms with Crippen LogP contribution >= 0.6 is 11.6 Å². The van der Waals surface area contributed by atoms with Gasteiger partial charge in [0.05, 0.1) is 12.2 Å². The van der Waals surface area contributed by atoms with Crippen molar-refractivity contribution in [2.45, 2.75) is 18.4 Å². The molecule has 1 atom stereocenters. The number of halogens is 1. The van der Waals surface area contributed by atoms with E-state index in [0.29, 0.717) is 10.7 Å². The molecule has 0 saturated heterocycles. The van der Waals surface area contributed by atoms with Crippen LogP contribution in [0.5, 0.6) is 0 Å². The summed E-state index contributed by atoms with van der Waals surface area (Å²) in [5.74, 6) is 0.666. The standard InChI is InChI=1S/C32H29ClN4O/c1-23(34-22-30(38)36-28-19-11-18-27(33)20-28)29-21-35-31(37-29)32(24-12-5-2-6-13-24,25-14-7-3-8-15-25)26-16-9-4-10-17-26/h2-21,23,34H,22H2,1H3,(H,35,37)(H,36,38). The number of carbonyl (C=O) groups is 1. The molecule has 38 heavy (non-hydrogen) atoms. The Bertz CT molecular complexity index is 1390. The van der Waals surface area contributed by atoms with Gasteiger partial charge in [-0.3, -0.25) is 4.79 Å². The van der Waals surface area contributed by atoms with Gasteiger partial charge >= 0.3 is 0 Å². The normalized spacial score (nSPS) is 12.2. The van der Waals surface area contributed by atoms with Crippen molar-refractivity contribution in [1.82, 2.24) is 15.3 Å². The number of amides is 1. The molecule has 0 bridgehead atoms. The van der Waals surface area contributed by atoms with Crippen molar-refractivity contribution in [3.63, 3.8) is 0 Å². The number of rotatable bonds is 9. The van der Waals surface area contributed by atoms with Crippen LogP contribution in [-0.2, 0) is 10.2 Å². The number of H-pyrrole nitrogens is 1. The van der Waals surface area contributed by atoms with Gasteiger partial charge in [-0.2, -0.15) is 0 Å². The lowest BCUT2D eigenvalue weighted by atomic mass is 9.69. The second-order valence-corrected chi connectivity index (χ2v) is 9.63. The van der Waals surface area contributed by atoms with Crippen molar-refractivity contribution in [3.05, 3.63) is 155 Å². The Hall–Kier alpha value is -4.19. The average molecular weight is 521 g/mol. The summed E-state index contributed by atoms with van der Waals surface area (Å²) in [5, 5.41) is 6.75. The first-order chi connectivity index (χ1) is 18.6. The van der Waals surface area contributed by atoms with Gasteiger partial charge in [0, 0.05) is 22.9 Å². The van der Waals surface area contributed by atoms with E-state index in [9.17, 15) is 4.79 Å². The van der Waals surface area contributed by atoms with Crippen molar-refractivity contribution >= 4 is 23.2 Å². The molecule has 1 amide bonds. The number of nitrogens with zero attached hydrogens (tertiary/aromatic N) is 1. The van der Waals surface area contributed by atoms with Gasteiger partial charge in [0.15, 0.2) is 0 Å². The molecule has 1 unspecified atom stereocenters. The number of aromatic nitrogens is 2. The molecule has 4 aromatic carbocycles. The molecule has 0 aliphatic heterocycles. The molecule has 6 heteroatoms. The van der Waals surface area contributed by atoms with Crippen molar-refractivity contribution < 1.29 is 4.79 Å². The third-order valence-electron chi connectivity index (χ3n) is 6.71. The summed E-state index contributed by atoms with van der Waals surface area (Å²) in [6, 6.07) is 38.3. The van der Waals surface area contributed by atoms with Crippen LogP contribution in [0, 0.1) is 0 Å². The zero-order chi connectivity index (χ0) is 26.4. The SMILES string of the molecule is CC(NCC(=O)Nc1cccc(Cl)c1)c1cnc(C(c2ccccc2)(c2ccccc2)c2ccccc2)[nH]1. The van der Waals surface area contributed by atoms with E-state index in [1.54, 1.807) is 18.2 Å². The number of imidazole rings is 1. The molecule has 0 radical (unpaired) electrons. The molecule has 5 rings (SSSR count). The quantitative estimate of drug-likeness (QED) is 0.189. The summed E-state index contributed by atoms with van der Waals surface area (Å²) in [6.07, 6.45) is 1.85. The maximum atomic E-state index is 12.5. The molecule has 0 aliphatic rings. The minimum atomic E-state index is -0.647. The van der Waals surface area contributed by atoms with E-state index >= 15 is 0 Å². The first-order valence-electron chi connectivity index (χ1n) is 12.6. The molecular weight excluding hydrogens is 492 g/mol. The van der Waals surface area contributed by atoms with Gasteiger partial charge in [0.2, 0.25) is 5.91 Å². The first-order valence-corrected chi connectivity index (χ1v) is 13.0. The summed E-state index contributed by atoms with van der Waals surface area (Å²) >= 11 is 6.03. The molecular formula is C32H29ClN4O. The Morgan fingerprint density at radius 1 is 0.842 bits per heavy atom. The molecule has 5 aromatic rings. The van der Waals surface area contributed by atoms with Crippen LogP contribution in [0.25, 0.3) is 0 Å². The largest absolute Gasteiger partial charge is 0.343 e. The average Bonchev–Trinajstić information content (AvgIpc) is 3.45. The van der Waals surface area contributed by atoms with Crippen LogP contribution < -0.4 is 10.6 Å². The predicted molar refractivity (Wildman–Crippen MR) is 153 cm³/mol. The van der Waals surface area contributed by atoms with Crippen molar-refractivity contribution in [3.8, 4) is 0 Å². The second-order valence-electron chi connectivity index (χ2n) is 9.20. The Kier molecular flexibility index (Phi) is 7.68. The molecule has 0 spiro atoms. The van der Waals surface area contributed by atoms with Crippen LogP contribution in [0.3, 0.4) is 0 Å². The van der Waals surface area contributed by atoms with Crippen LogP contribution in [0.15, 0.2) is 121 Å². The highest BCUT2D eigenvalue weighted by molar-refractivity contribution is 6.30. The Balaban J connectivity index is 1.46. The van der Waals surface area contributed by atoms with E-state index in [2.05, 4.69) is 88.4 Å². The summed E-state index contributed by atoms with van der Waals surface area (Å²) < 4.78 is 0. The Morgan fingerprint density at radius 3 is 1.92 bits per heavy atom. The lowest BCUT2D eigenvalue weighted by Crippen LogP contribution is -2.33. The monoisotopic (exact) mass is 520 g/mol. The molecule has 0 fully saturated rings. The van der Waals surface area contributed by atoms with E-state index in [1.165, 1.54) is 0 Å². The molecule has 3 N–H and O–H groups in total. The lowest BCUT2D eigenvalue weighted by Gasteiger charge is -2.34. The van der Waals surface area contributed by atoms with Gasteiger partial charge in [-0.15, -0.1) is 0 Å². The number of carbonyl (C=O) groups excluding carboxylic acids is 1. The van der Waals surface area contributed by atoms with Gasteiger partial charge in [-0.05, 0) is 41.8 Å². The molecule has 0 saturated carbocycles. The third-order valence-corrected chi connectivity index (χ3v) is 6.95. The Labute approximate surface area is 227 Å². The van der Waals surface area contributed by atoms with Gasteiger partial charge in [0.25, 0.3) is 0 Å². The van der Waals surface area contributed by atoms with Crippen molar-refractivity contribution in [1.29, 1.82) is 0 Å². The molecule has 190 valence electrons. The van der Waals surface area contributed by atoms with Gasteiger partial charge < -0.3 is 15.6 Å². The molecule has 1 heterocycles. The minimum Gasteiger partial charge on any atom is -0.343 e. The predicted octanol–water partition coefficient (Wildman–Crippen LogP) is 6.74. The van der Waals surface area contributed by atoms with E-state index in [-0.39, 0.29) is 18.5 Å². The first kappa shape index (κ1) is 25.5. The lowest BCUT2D eigenvalue weighted by molar-refractivity contribution is -0.115. The summed E-state index contributed by atoms with van der Waals surface area (Å²) in [4.78, 5) is 21.1. The van der Waals surface area contributed by atoms with E-state index in [0.717, 1.165) is 28.2 Å². The molecule has 0 aliphatic carbocycles. The van der Waals surface area contributed by atoms with E-state index in [4.69, 9.17) is 16.6 Å². The zero-order valence-corrected chi connectivity index (χ0v) is 21.8. The topological polar surface area (TPSA) is 69.8 Å². The summed E-state index contributed by atoms with van der Waals surface area (Å²) in [6.45, 7) is 2.16. The third kappa shape index (κ3) is 5.25. The molecule has 1 aromatic heterocycles. The van der Waals surface area contributed by atoms with Crippen LogP contribution in [0.2, 0.25) is 5.02 Å². The van der Waals surface area contributed by atoms with Crippen molar-refractivity contribution in [2.75, 3.05) is 11.9 Å². The maximum Gasteiger partial charge on any atom is 0.238 e. The fourth-order valence-electron chi connectivity index (χ4n) is 4.85. The van der Waals surface area contributed by atoms with Crippen LogP contribution in [-0.4, -0.2) is 22.4 Å². The van der Waals surface area contributed by atoms with Crippen LogP contribution in [0.4, 0.5) is 5.69 Å². The van der Waals surface area contributed by atoms with Gasteiger partial charge in [0.1, 0.15) is 11.2 Å². The maximum absolute atomic E-state index is 12.5. The number of nitrogens with one attached hydrogen (secondary N) is 3. The highest BCUT2D eigenvalue weighted by Gasteiger charge is 2.41. The highest BCUT2D eigenvalue weighted by Crippen LogP contribution is 2.43. The second kappa shape index (κ2) is 11.5. The summed E-state index contributed by atoms with van der Waals surface area (Å²) in [5.41, 5.74) is 4.24. The van der Waals surface area contributed by atoms with Gasteiger partial charge in [-0.1, -0.05) is 109 Å². The Morgan fingerprint density at radius 2 is 1.39 bits per heavy atom. The number of hydrogen-bond donors (Lipinski definition) is 3. The zero-order valence-electron chi connectivity index (χ0n) is 21.1. The summed E-state index contributed by atoms with van der Waals surface area (Å²) in [7, 11) is 0. The number of aromatic amines is 1. The van der Waals surface area contributed by atoms with E-state index < -0.39 is 5.41 Å². The van der Waals surface area contributed by atoms with Gasteiger partial charge in [-0.25, -0.2) is 4.98 Å². The van der Waals surface area contributed by atoms with Crippen LogP contribution in [0.1, 0.15) is 41.2 Å². The number of benzene rings is 4. The van der Waals surface area contributed by atoms with E-state index in [1.807, 2.05) is 37.4 Å². The fraction of sp³-hybridized carbons (Fsp3) is 0.125. The number of hydrogen-bond acceptors (Lipinski definition) is 3. The fourth-order valence-corrected chi connectivity index (χ4v) is 5.04. The smallest absolute Gasteiger partial charge is 0.238 e. The highest BCUT2D eigenvalue weighted by atomic mass is 35.5. The number of anilines is 1. The molecule has 5 nitrogen and oxygen atoms in total. The minimum absolute atomic E-state index is 0.138. The van der Waals surface area contributed by atoms with Crippen molar-refractivity contribution in [2.24, 2.45) is 0 Å².